The first-order chi connectivity index (χ1) is 13.0. The van der Waals surface area contributed by atoms with Crippen LogP contribution in [0.2, 0.25) is 0 Å². The zero-order valence-electron chi connectivity index (χ0n) is 16.1. The Bertz CT molecular complexity index is 1010. The molecular weight excluding hydrogens is 384 g/mol. The second-order valence-electron chi connectivity index (χ2n) is 6.62. The van der Waals surface area contributed by atoms with Crippen LogP contribution in [0.25, 0.3) is 0 Å². The molecule has 2 aromatic rings. The zero-order chi connectivity index (χ0) is 21.1. The molecule has 1 N–H and O–H groups in total. The van der Waals surface area contributed by atoms with Crippen LogP contribution < -0.4 is 10.1 Å². The van der Waals surface area contributed by atoms with Crippen LogP contribution in [0.5, 0.6) is 5.75 Å². The fraction of sp³-hybridized carbons (Fsp3) is 0.316. The smallest absolute Gasteiger partial charge is 0.311 e. The van der Waals surface area contributed by atoms with Crippen molar-refractivity contribution < 1.29 is 22.9 Å². The number of nitro benzene ring substituents is 1. The van der Waals surface area contributed by atoms with Crippen LogP contribution in [0, 0.1) is 30.9 Å². The molecule has 2 aromatic carbocycles. The standard InChI is InChI=1S/C19H22N2O6S/c1-12-7-13(2)19(14(3)8-12)20-18(22)11-28(25,26)10-15-5-6-17(27-4)16(9-15)21(23)24/h5-9H,10-11H2,1-4H3,(H,20,22). The SMILES string of the molecule is COc1ccc(CS(=O)(=O)CC(=O)Nc2c(C)cc(C)cc2C)cc1[N+](=O)[O-]. The zero-order valence-corrected chi connectivity index (χ0v) is 16.9. The van der Waals surface area contributed by atoms with E-state index in [1.807, 2.05) is 32.9 Å². The Morgan fingerprint density at radius 3 is 2.29 bits per heavy atom. The Kier molecular flexibility index (Phi) is 6.40. The molecule has 28 heavy (non-hydrogen) atoms. The molecule has 150 valence electrons. The van der Waals surface area contributed by atoms with Gasteiger partial charge >= 0.3 is 5.69 Å². The van der Waals surface area contributed by atoms with Crippen LogP contribution in [0.3, 0.4) is 0 Å². The van der Waals surface area contributed by atoms with E-state index in [0.717, 1.165) is 22.8 Å². The Balaban J connectivity index is 2.15. The molecule has 0 aliphatic rings. The number of carbonyl (C=O) groups excluding carboxylic acids is 1. The van der Waals surface area contributed by atoms with Crippen LogP contribution in [-0.2, 0) is 20.4 Å². The Hall–Kier alpha value is -2.94. The number of hydrogen-bond acceptors (Lipinski definition) is 6. The Morgan fingerprint density at radius 2 is 1.75 bits per heavy atom. The van der Waals surface area contributed by atoms with Crippen molar-refractivity contribution in [2.75, 3.05) is 18.2 Å². The summed E-state index contributed by atoms with van der Waals surface area (Å²) in [5, 5.41) is 13.7. The molecule has 0 atom stereocenters. The molecule has 9 heteroatoms. The molecule has 0 spiro atoms. The van der Waals surface area contributed by atoms with Crippen LogP contribution in [0.4, 0.5) is 11.4 Å². The van der Waals surface area contributed by atoms with Crippen molar-refractivity contribution in [2.24, 2.45) is 0 Å². The molecule has 0 saturated carbocycles. The average Bonchev–Trinajstić information content (AvgIpc) is 2.57. The summed E-state index contributed by atoms with van der Waals surface area (Å²) in [6.07, 6.45) is 0. The molecule has 0 aliphatic heterocycles. The van der Waals surface area contributed by atoms with E-state index in [1.165, 1.54) is 19.2 Å². The lowest BCUT2D eigenvalue weighted by Crippen LogP contribution is -2.24. The molecule has 0 unspecified atom stereocenters. The van der Waals surface area contributed by atoms with E-state index in [1.54, 1.807) is 0 Å². The van der Waals surface area contributed by atoms with Gasteiger partial charge in [0.25, 0.3) is 0 Å². The lowest BCUT2D eigenvalue weighted by atomic mass is 10.1. The third kappa shape index (κ3) is 5.29. The Labute approximate surface area is 163 Å². The predicted molar refractivity (Wildman–Crippen MR) is 106 cm³/mol. The molecule has 0 bridgehead atoms. The number of ether oxygens (including phenoxy) is 1. The van der Waals surface area contributed by atoms with Crippen molar-refractivity contribution in [1.82, 2.24) is 0 Å². The minimum Gasteiger partial charge on any atom is -0.490 e. The van der Waals surface area contributed by atoms with Gasteiger partial charge in [0.15, 0.2) is 15.6 Å². The largest absolute Gasteiger partial charge is 0.490 e. The van der Waals surface area contributed by atoms with Gasteiger partial charge in [0.2, 0.25) is 5.91 Å². The number of nitrogens with zero attached hydrogens (tertiary/aromatic N) is 1. The van der Waals surface area contributed by atoms with Crippen molar-refractivity contribution in [2.45, 2.75) is 26.5 Å². The summed E-state index contributed by atoms with van der Waals surface area (Å²) in [7, 11) is -2.54. The highest BCUT2D eigenvalue weighted by atomic mass is 32.2. The van der Waals surface area contributed by atoms with Crippen molar-refractivity contribution in [3.8, 4) is 5.75 Å². The molecule has 0 fully saturated rings. The quantitative estimate of drug-likeness (QED) is 0.558. The van der Waals surface area contributed by atoms with Gasteiger partial charge in [-0.25, -0.2) is 8.42 Å². The molecule has 0 heterocycles. The normalized spacial score (nSPS) is 11.1. The van der Waals surface area contributed by atoms with Gasteiger partial charge in [-0.2, -0.15) is 0 Å². The first-order valence-electron chi connectivity index (χ1n) is 8.42. The topological polar surface area (TPSA) is 116 Å². The number of nitro groups is 1. The number of aryl methyl sites for hydroxylation is 3. The summed E-state index contributed by atoms with van der Waals surface area (Å²) < 4.78 is 29.7. The molecule has 1 amide bonds. The third-order valence-electron chi connectivity index (χ3n) is 4.12. The first-order valence-corrected chi connectivity index (χ1v) is 10.2. The summed E-state index contributed by atoms with van der Waals surface area (Å²) in [6.45, 7) is 5.60. The number of hydrogen-bond donors (Lipinski definition) is 1. The number of carbonyl (C=O) groups is 1. The fourth-order valence-electron chi connectivity index (χ4n) is 3.03. The van der Waals surface area contributed by atoms with Crippen LogP contribution in [-0.4, -0.2) is 32.1 Å². The van der Waals surface area contributed by atoms with E-state index in [4.69, 9.17) is 4.74 Å². The number of rotatable bonds is 7. The van der Waals surface area contributed by atoms with Gasteiger partial charge in [0.1, 0.15) is 5.75 Å². The van der Waals surface area contributed by atoms with E-state index < -0.39 is 32.2 Å². The predicted octanol–water partition coefficient (Wildman–Crippen LogP) is 3.08. The second-order valence-corrected chi connectivity index (χ2v) is 8.68. The van der Waals surface area contributed by atoms with Crippen molar-refractivity contribution in [3.63, 3.8) is 0 Å². The molecule has 0 saturated heterocycles. The average molecular weight is 406 g/mol. The molecule has 8 nitrogen and oxygen atoms in total. The van der Waals surface area contributed by atoms with Gasteiger partial charge in [-0.05, 0) is 43.5 Å². The molecular formula is C19H22N2O6S. The van der Waals surface area contributed by atoms with Gasteiger partial charge in [-0.15, -0.1) is 0 Å². The summed E-state index contributed by atoms with van der Waals surface area (Å²) in [5.41, 5.74) is 3.20. The highest BCUT2D eigenvalue weighted by molar-refractivity contribution is 7.91. The number of anilines is 1. The number of sulfone groups is 1. The van der Waals surface area contributed by atoms with E-state index in [2.05, 4.69) is 5.32 Å². The van der Waals surface area contributed by atoms with Gasteiger partial charge in [-0.1, -0.05) is 23.8 Å². The summed E-state index contributed by atoms with van der Waals surface area (Å²) in [5.74, 6) is -1.83. The second kappa shape index (κ2) is 8.39. The molecule has 0 aromatic heterocycles. The number of nitrogens with one attached hydrogen (secondary N) is 1. The highest BCUT2D eigenvalue weighted by Crippen LogP contribution is 2.28. The molecule has 0 radical (unpaired) electrons. The third-order valence-corrected chi connectivity index (χ3v) is 5.59. The van der Waals surface area contributed by atoms with Crippen molar-refractivity contribution >= 4 is 27.1 Å². The van der Waals surface area contributed by atoms with E-state index in [9.17, 15) is 23.3 Å². The maximum Gasteiger partial charge on any atom is 0.311 e. The maximum absolute atomic E-state index is 12.4. The Morgan fingerprint density at radius 1 is 1.14 bits per heavy atom. The van der Waals surface area contributed by atoms with E-state index >= 15 is 0 Å². The summed E-state index contributed by atoms with van der Waals surface area (Å²) >= 11 is 0. The van der Waals surface area contributed by atoms with Crippen molar-refractivity contribution in [3.05, 3.63) is 62.7 Å². The summed E-state index contributed by atoms with van der Waals surface area (Å²) in [6, 6.07) is 7.70. The monoisotopic (exact) mass is 406 g/mol. The van der Waals surface area contributed by atoms with Gasteiger partial charge < -0.3 is 10.1 Å². The fourth-order valence-corrected chi connectivity index (χ4v) is 4.29. The highest BCUT2D eigenvalue weighted by Gasteiger charge is 2.22. The number of amides is 1. The molecule has 0 aliphatic carbocycles. The lowest BCUT2D eigenvalue weighted by molar-refractivity contribution is -0.385. The number of benzene rings is 2. The minimum atomic E-state index is -3.83. The first kappa shape index (κ1) is 21.4. The van der Waals surface area contributed by atoms with Crippen LogP contribution in [0.15, 0.2) is 30.3 Å². The number of methoxy groups -OCH3 is 1. The lowest BCUT2D eigenvalue weighted by Gasteiger charge is -2.13. The summed E-state index contributed by atoms with van der Waals surface area (Å²) in [4.78, 5) is 22.7. The minimum absolute atomic E-state index is 0.0363. The van der Waals surface area contributed by atoms with E-state index in [0.29, 0.717) is 5.69 Å². The van der Waals surface area contributed by atoms with Crippen LogP contribution >= 0.6 is 0 Å². The van der Waals surface area contributed by atoms with Gasteiger partial charge in [0, 0.05) is 11.8 Å². The van der Waals surface area contributed by atoms with Gasteiger partial charge in [0.05, 0.1) is 17.8 Å². The van der Waals surface area contributed by atoms with Crippen LogP contribution in [0.1, 0.15) is 22.3 Å². The maximum atomic E-state index is 12.4. The van der Waals surface area contributed by atoms with E-state index in [-0.39, 0.29) is 17.0 Å². The van der Waals surface area contributed by atoms with Gasteiger partial charge in [-0.3, -0.25) is 14.9 Å². The molecule has 2 rings (SSSR count). The van der Waals surface area contributed by atoms with Crippen molar-refractivity contribution in [1.29, 1.82) is 0 Å².